The first-order chi connectivity index (χ1) is 16.4. The SMILES string of the molecule is CC(=O)NNC(=O)CSc1nnc(Cc2csc(NC(=O)CCl)n2)n1NC(=O)c1ccccc1. The van der Waals surface area contributed by atoms with Gasteiger partial charge in [-0.15, -0.1) is 33.1 Å². The Kier molecular flexibility index (Phi) is 8.95. The lowest BCUT2D eigenvalue weighted by atomic mass is 10.2. The molecule has 0 saturated heterocycles. The summed E-state index contributed by atoms with van der Waals surface area (Å²) in [6.45, 7) is 1.26. The van der Waals surface area contributed by atoms with Crippen molar-refractivity contribution in [3.8, 4) is 0 Å². The quantitative estimate of drug-likeness (QED) is 0.185. The minimum Gasteiger partial charge on any atom is -0.301 e. The third-order valence-corrected chi connectivity index (χ3v) is 5.90. The largest absolute Gasteiger partial charge is 0.301 e. The van der Waals surface area contributed by atoms with Crippen LogP contribution in [-0.4, -0.2) is 55.1 Å². The molecule has 4 amide bonds. The first-order valence-corrected chi connectivity index (χ1v) is 12.0. The molecule has 1 aromatic carbocycles. The summed E-state index contributed by atoms with van der Waals surface area (Å²) in [5.41, 5.74) is 8.19. The maximum absolute atomic E-state index is 12.7. The van der Waals surface area contributed by atoms with Crippen LogP contribution in [0.3, 0.4) is 0 Å². The Morgan fingerprint density at radius 1 is 1.09 bits per heavy atom. The van der Waals surface area contributed by atoms with E-state index in [2.05, 4.69) is 36.8 Å². The number of amides is 4. The Labute approximate surface area is 206 Å². The van der Waals surface area contributed by atoms with Crippen LogP contribution in [0.2, 0.25) is 0 Å². The maximum atomic E-state index is 12.7. The molecule has 0 aliphatic carbocycles. The highest BCUT2D eigenvalue weighted by Gasteiger charge is 2.19. The third-order valence-electron chi connectivity index (χ3n) is 3.92. The minimum absolute atomic E-state index is 0.0923. The summed E-state index contributed by atoms with van der Waals surface area (Å²) in [7, 11) is 0. The average molecular weight is 523 g/mol. The summed E-state index contributed by atoms with van der Waals surface area (Å²) < 4.78 is 1.38. The second kappa shape index (κ2) is 12.1. The molecular weight excluding hydrogens is 504 g/mol. The second-order valence-electron chi connectivity index (χ2n) is 6.56. The summed E-state index contributed by atoms with van der Waals surface area (Å²) in [4.78, 5) is 51.4. The van der Waals surface area contributed by atoms with E-state index >= 15 is 0 Å². The van der Waals surface area contributed by atoms with Crippen molar-refractivity contribution in [2.75, 3.05) is 22.4 Å². The first-order valence-electron chi connectivity index (χ1n) is 9.65. The van der Waals surface area contributed by atoms with Crippen molar-refractivity contribution in [1.82, 2.24) is 30.7 Å². The zero-order valence-electron chi connectivity index (χ0n) is 17.7. The summed E-state index contributed by atoms with van der Waals surface area (Å²) >= 11 is 7.73. The molecule has 2 aromatic heterocycles. The van der Waals surface area contributed by atoms with Gasteiger partial charge in [0.25, 0.3) is 5.91 Å². The standard InChI is InChI=1S/C19H19ClN8O4S2/c1-11(29)23-25-16(31)10-34-19-26-24-14(7-13-9-33-18(21-13)22-15(30)8-20)28(19)27-17(32)12-5-3-2-4-6-12/h2-6,9H,7-8,10H2,1H3,(H,23,29)(H,25,31)(H,27,32)(H,21,22,30). The average Bonchev–Trinajstić information content (AvgIpc) is 3.43. The number of hydrogen-bond donors (Lipinski definition) is 4. The molecule has 3 rings (SSSR count). The number of halogens is 1. The van der Waals surface area contributed by atoms with Gasteiger partial charge in [-0.1, -0.05) is 30.0 Å². The smallest absolute Gasteiger partial charge is 0.270 e. The van der Waals surface area contributed by atoms with Crippen LogP contribution < -0.4 is 21.6 Å². The normalized spacial score (nSPS) is 10.4. The number of thioether (sulfide) groups is 1. The highest BCUT2D eigenvalue weighted by Crippen LogP contribution is 2.21. The van der Waals surface area contributed by atoms with Crippen molar-refractivity contribution in [3.63, 3.8) is 0 Å². The van der Waals surface area contributed by atoms with Gasteiger partial charge in [-0.3, -0.25) is 35.5 Å². The molecule has 0 atom stereocenters. The van der Waals surface area contributed by atoms with E-state index in [0.29, 0.717) is 22.2 Å². The summed E-state index contributed by atoms with van der Waals surface area (Å²) in [6.07, 6.45) is 0.188. The summed E-state index contributed by atoms with van der Waals surface area (Å²) in [5, 5.41) is 13.1. The van der Waals surface area contributed by atoms with Crippen LogP contribution in [0.25, 0.3) is 0 Å². The highest BCUT2D eigenvalue weighted by atomic mass is 35.5. The molecule has 0 radical (unpaired) electrons. The molecule has 0 saturated carbocycles. The molecular formula is C19H19ClN8O4S2. The van der Waals surface area contributed by atoms with E-state index < -0.39 is 17.7 Å². The predicted octanol–water partition coefficient (Wildman–Crippen LogP) is 1.15. The van der Waals surface area contributed by atoms with Gasteiger partial charge in [0.1, 0.15) is 5.88 Å². The lowest BCUT2D eigenvalue weighted by Gasteiger charge is -2.11. The van der Waals surface area contributed by atoms with E-state index in [9.17, 15) is 19.2 Å². The number of aromatic nitrogens is 4. The fourth-order valence-corrected chi connectivity index (χ4v) is 3.96. The molecule has 0 spiro atoms. The lowest BCUT2D eigenvalue weighted by molar-refractivity contribution is -0.126. The molecule has 12 nitrogen and oxygen atoms in total. The number of nitrogens with zero attached hydrogens (tertiary/aromatic N) is 4. The van der Waals surface area contributed by atoms with E-state index in [4.69, 9.17) is 11.6 Å². The third kappa shape index (κ3) is 7.26. The van der Waals surface area contributed by atoms with Crippen LogP contribution in [0, 0.1) is 0 Å². The first kappa shape index (κ1) is 25.1. The van der Waals surface area contributed by atoms with Gasteiger partial charge in [0.2, 0.25) is 22.9 Å². The number of carbonyl (C=O) groups is 4. The molecule has 0 bridgehead atoms. The lowest BCUT2D eigenvalue weighted by Crippen LogP contribution is -2.41. The maximum Gasteiger partial charge on any atom is 0.270 e. The molecule has 2 heterocycles. The Balaban J connectivity index is 1.78. The summed E-state index contributed by atoms with van der Waals surface area (Å²) in [5.74, 6) is -1.59. The number of nitrogens with one attached hydrogen (secondary N) is 4. The predicted molar refractivity (Wildman–Crippen MR) is 127 cm³/mol. The second-order valence-corrected chi connectivity index (χ2v) is 8.63. The molecule has 0 aliphatic heterocycles. The molecule has 34 heavy (non-hydrogen) atoms. The van der Waals surface area contributed by atoms with Crippen LogP contribution in [-0.2, 0) is 20.8 Å². The number of thiazole rings is 1. The fraction of sp³-hybridized carbons (Fsp3) is 0.211. The number of hydrazine groups is 1. The molecule has 0 fully saturated rings. The number of hydrogen-bond acceptors (Lipinski definition) is 9. The van der Waals surface area contributed by atoms with E-state index in [-0.39, 0.29) is 29.1 Å². The van der Waals surface area contributed by atoms with Crippen LogP contribution in [0.15, 0.2) is 40.9 Å². The Morgan fingerprint density at radius 3 is 2.56 bits per heavy atom. The van der Waals surface area contributed by atoms with Crippen molar-refractivity contribution in [1.29, 1.82) is 0 Å². The van der Waals surface area contributed by atoms with Crippen LogP contribution in [0.5, 0.6) is 0 Å². The molecule has 178 valence electrons. The van der Waals surface area contributed by atoms with Crippen molar-refractivity contribution < 1.29 is 19.2 Å². The van der Waals surface area contributed by atoms with Crippen LogP contribution in [0.4, 0.5) is 5.13 Å². The number of carbonyl (C=O) groups excluding carboxylic acids is 4. The topological polar surface area (TPSA) is 160 Å². The Hall–Kier alpha value is -3.49. The van der Waals surface area contributed by atoms with E-state index in [1.165, 1.54) is 22.9 Å². The van der Waals surface area contributed by atoms with Gasteiger partial charge in [0.15, 0.2) is 11.0 Å². The number of alkyl halides is 1. The van der Waals surface area contributed by atoms with Gasteiger partial charge in [-0.05, 0) is 12.1 Å². The van der Waals surface area contributed by atoms with E-state index in [1.807, 2.05) is 0 Å². The molecule has 3 aromatic rings. The highest BCUT2D eigenvalue weighted by molar-refractivity contribution is 7.99. The van der Waals surface area contributed by atoms with Crippen molar-refractivity contribution in [2.45, 2.75) is 18.5 Å². The minimum atomic E-state index is -0.468. The summed E-state index contributed by atoms with van der Waals surface area (Å²) in [6, 6.07) is 8.56. The number of rotatable bonds is 9. The van der Waals surface area contributed by atoms with E-state index in [1.54, 1.807) is 35.7 Å². The van der Waals surface area contributed by atoms with Gasteiger partial charge < -0.3 is 5.32 Å². The van der Waals surface area contributed by atoms with Gasteiger partial charge in [-0.2, -0.15) is 0 Å². The van der Waals surface area contributed by atoms with Gasteiger partial charge in [-0.25, -0.2) is 9.66 Å². The van der Waals surface area contributed by atoms with Crippen LogP contribution >= 0.6 is 34.7 Å². The van der Waals surface area contributed by atoms with E-state index in [0.717, 1.165) is 11.8 Å². The molecule has 0 aliphatic rings. The van der Waals surface area contributed by atoms with Crippen molar-refractivity contribution in [2.24, 2.45) is 0 Å². The van der Waals surface area contributed by atoms with Gasteiger partial charge >= 0.3 is 0 Å². The fourth-order valence-electron chi connectivity index (χ4n) is 2.46. The Morgan fingerprint density at radius 2 is 1.85 bits per heavy atom. The monoisotopic (exact) mass is 522 g/mol. The van der Waals surface area contributed by atoms with Gasteiger partial charge in [0.05, 0.1) is 17.9 Å². The zero-order valence-corrected chi connectivity index (χ0v) is 20.1. The van der Waals surface area contributed by atoms with Crippen molar-refractivity contribution in [3.05, 3.63) is 52.8 Å². The van der Waals surface area contributed by atoms with Crippen LogP contribution in [0.1, 0.15) is 28.8 Å². The molecule has 4 N–H and O–H groups in total. The van der Waals surface area contributed by atoms with Gasteiger partial charge in [0, 0.05) is 17.9 Å². The molecule has 0 unspecified atom stereocenters. The Bertz CT molecular complexity index is 1180. The number of anilines is 1. The molecule has 15 heteroatoms. The van der Waals surface area contributed by atoms with Crippen molar-refractivity contribution >= 4 is 63.5 Å². The zero-order chi connectivity index (χ0) is 24.5. The number of benzene rings is 1.